The zero-order valence-corrected chi connectivity index (χ0v) is 13.2. The van der Waals surface area contributed by atoms with Crippen molar-refractivity contribution in [1.29, 1.82) is 0 Å². The largest absolute Gasteiger partial charge is 0.416 e. The molecule has 0 aliphatic heterocycles. The van der Waals surface area contributed by atoms with Gasteiger partial charge in [0.25, 0.3) is 5.69 Å². The third-order valence-electron chi connectivity index (χ3n) is 3.91. The molecular weight excluding hydrogens is 345 g/mol. The smallest absolute Gasteiger partial charge is 0.262 e. The van der Waals surface area contributed by atoms with E-state index in [0.29, 0.717) is 12.0 Å². The van der Waals surface area contributed by atoms with Crippen molar-refractivity contribution >= 4 is 17.4 Å². The van der Waals surface area contributed by atoms with E-state index in [2.05, 4.69) is 15.2 Å². The lowest BCUT2D eigenvalue weighted by molar-refractivity contribution is -0.388. The standard InChI is InChI=1S/C14H13F3N4O2S/c15-14(16,17)9-5-6-11(10(7-9)21(22)23)24-13-18-12(19-20-13)8-3-1-2-4-8/h5-8H,1-4H2,(H,18,19,20). The maximum atomic E-state index is 12.7. The number of aromatic nitrogens is 3. The van der Waals surface area contributed by atoms with Crippen molar-refractivity contribution in [3.63, 3.8) is 0 Å². The Kier molecular flexibility index (Phi) is 4.48. The number of H-pyrrole nitrogens is 1. The van der Waals surface area contributed by atoms with E-state index in [9.17, 15) is 23.3 Å². The van der Waals surface area contributed by atoms with Crippen LogP contribution in [-0.2, 0) is 6.18 Å². The minimum atomic E-state index is -4.63. The summed E-state index contributed by atoms with van der Waals surface area (Å²) in [5, 5.41) is 18.2. The fourth-order valence-corrected chi connectivity index (χ4v) is 3.51. The summed E-state index contributed by atoms with van der Waals surface area (Å²) in [5.41, 5.74) is -1.66. The Morgan fingerprint density at radius 2 is 2.00 bits per heavy atom. The van der Waals surface area contributed by atoms with Gasteiger partial charge in [0.05, 0.1) is 15.4 Å². The van der Waals surface area contributed by atoms with Crippen molar-refractivity contribution < 1.29 is 18.1 Å². The van der Waals surface area contributed by atoms with Gasteiger partial charge >= 0.3 is 6.18 Å². The number of nitrogens with zero attached hydrogens (tertiary/aromatic N) is 3. The normalized spacial score (nSPS) is 15.8. The van der Waals surface area contributed by atoms with E-state index < -0.39 is 22.4 Å². The van der Waals surface area contributed by atoms with Crippen molar-refractivity contribution in [1.82, 2.24) is 15.2 Å². The lowest BCUT2D eigenvalue weighted by atomic mass is 10.1. The Hall–Kier alpha value is -2.10. The number of hydrogen-bond donors (Lipinski definition) is 1. The van der Waals surface area contributed by atoms with Gasteiger partial charge in [-0.1, -0.05) is 12.8 Å². The van der Waals surface area contributed by atoms with Gasteiger partial charge in [-0.15, -0.1) is 5.10 Å². The molecule has 1 aromatic heterocycles. The molecule has 0 saturated heterocycles. The predicted molar refractivity (Wildman–Crippen MR) is 79.8 cm³/mol. The SMILES string of the molecule is O=[N+]([O-])c1cc(C(F)(F)F)ccc1Sc1n[nH]c(C2CCCC2)n1. The molecular formula is C14H13F3N4O2S. The Balaban J connectivity index is 1.85. The zero-order valence-electron chi connectivity index (χ0n) is 12.3. The van der Waals surface area contributed by atoms with Crippen LogP contribution < -0.4 is 0 Å². The van der Waals surface area contributed by atoms with Crippen molar-refractivity contribution in [3.8, 4) is 0 Å². The molecule has 1 fully saturated rings. The highest BCUT2D eigenvalue weighted by Gasteiger charge is 2.33. The van der Waals surface area contributed by atoms with Gasteiger partial charge in [-0.05, 0) is 36.7 Å². The van der Waals surface area contributed by atoms with Crippen LogP contribution in [0.1, 0.15) is 43.0 Å². The van der Waals surface area contributed by atoms with Gasteiger partial charge in [0.15, 0.2) is 0 Å². The lowest BCUT2D eigenvalue weighted by Gasteiger charge is -2.07. The van der Waals surface area contributed by atoms with E-state index in [1.165, 1.54) is 0 Å². The van der Waals surface area contributed by atoms with E-state index in [1.807, 2.05) is 0 Å². The van der Waals surface area contributed by atoms with Crippen LogP contribution in [0.4, 0.5) is 18.9 Å². The first kappa shape index (κ1) is 16.7. The highest BCUT2D eigenvalue weighted by molar-refractivity contribution is 7.99. The summed E-state index contributed by atoms with van der Waals surface area (Å²) in [6.45, 7) is 0. The first-order valence-electron chi connectivity index (χ1n) is 7.30. The van der Waals surface area contributed by atoms with Crippen molar-refractivity contribution in [3.05, 3.63) is 39.7 Å². The summed E-state index contributed by atoms with van der Waals surface area (Å²) in [4.78, 5) is 14.6. The van der Waals surface area contributed by atoms with E-state index in [-0.39, 0.29) is 10.1 Å². The quantitative estimate of drug-likeness (QED) is 0.641. The first-order valence-corrected chi connectivity index (χ1v) is 8.12. The third-order valence-corrected chi connectivity index (χ3v) is 4.84. The molecule has 6 nitrogen and oxygen atoms in total. The van der Waals surface area contributed by atoms with Gasteiger partial charge in [-0.3, -0.25) is 15.2 Å². The maximum Gasteiger partial charge on any atom is 0.416 e. The Bertz CT molecular complexity index is 757. The number of alkyl halides is 3. The molecule has 0 unspecified atom stereocenters. The average molecular weight is 358 g/mol. The second kappa shape index (κ2) is 6.42. The number of nitro benzene ring substituents is 1. The molecule has 1 saturated carbocycles. The summed E-state index contributed by atoms with van der Waals surface area (Å²) in [5.74, 6) is 1.03. The number of halogens is 3. The van der Waals surface area contributed by atoms with Crippen molar-refractivity contribution in [2.24, 2.45) is 0 Å². The summed E-state index contributed by atoms with van der Waals surface area (Å²) >= 11 is 0.879. The predicted octanol–water partition coefficient (Wildman–Crippen LogP) is 4.54. The lowest BCUT2D eigenvalue weighted by Crippen LogP contribution is -2.05. The minimum absolute atomic E-state index is 0.0740. The van der Waals surface area contributed by atoms with Crippen LogP contribution >= 0.6 is 11.8 Å². The van der Waals surface area contributed by atoms with Gasteiger partial charge in [0, 0.05) is 12.0 Å². The second-order valence-electron chi connectivity index (χ2n) is 5.52. The number of rotatable bonds is 4. The molecule has 0 bridgehead atoms. The van der Waals surface area contributed by atoms with E-state index in [1.54, 1.807) is 0 Å². The number of benzene rings is 1. The first-order chi connectivity index (χ1) is 11.3. The van der Waals surface area contributed by atoms with Crippen LogP contribution in [0, 0.1) is 10.1 Å². The molecule has 128 valence electrons. The molecule has 1 heterocycles. The van der Waals surface area contributed by atoms with Crippen LogP contribution in [0.2, 0.25) is 0 Å². The van der Waals surface area contributed by atoms with Crippen LogP contribution in [-0.4, -0.2) is 20.1 Å². The fourth-order valence-electron chi connectivity index (χ4n) is 2.71. The molecule has 3 rings (SSSR count). The molecule has 2 aromatic rings. The van der Waals surface area contributed by atoms with Crippen LogP contribution in [0.3, 0.4) is 0 Å². The van der Waals surface area contributed by atoms with Gasteiger partial charge in [-0.25, -0.2) is 4.98 Å². The van der Waals surface area contributed by atoms with Crippen molar-refractivity contribution in [2.45, 2.75) is 47.8 Å². The Labute approximate surface area is 139 Å². The van der Waals surface area contributed by atoms with Gasteiger partial charge in [0.1, 0.15) is 5.82 Å². The third kappa shape index (κ3) is 3.53. The molecule has 1 aliphatic rings. The Morgan fingerprint density at radius 1 is 1.29 bits per heavy atom. The highest BCUT2D eigenvalue weighted by atomic mass is 32.2. The fraction of sp³-hybridized carbons (Fsp3) is 0.429. The topological polar surface area (TPSA) is 84.7 Å². The molecule has 0 radical (unpaired) electrons. The molecule has 1 N–H and O–H groups in total. The number of nitro groups is 1. The Morgan fingerprint density at radius 3 is 2.62 bits per heavy atom. The number of hydrogen-bond acceptors (Lipinski definition) is 5. The minimum Gasteiger partial charge on any atom is -0.262 e. The van der Waals surface area contributed by atoms with Crippen LogP contribution in [0.15, 0.2) is 28.3 Å². The van der Waals surface area contributed by atoms with E-state index >= 15 is 0 Å². The summed E-state index contributed by atoms with van der Waals surface area (Å²) in [6.07, 6.45) is -0.357. The van der Waals surface area contributed by atoms with E-state index in [0.717, 1.165) is 55.4 Å². The zero-order chi connectivity index (χ0) is 17.3. The molecule has 24 heavy (non-hydrogen) atoms. The monoisotopic (exact) mass is 358 g/mol. The van der Waals surface area contributed by atoms with Crippen LogP contribution in [0.25, 0.3) is 0 Å². The summed E-state index contributed by atoms with van der Waals surface area (Å²) in [6, 6.07) is 2.43. The molecule has 0 atom stereocenters. The van der Waals surface area contributed by atoms with Gasteiger partial charge < -0.3 is 0 Å². The molecule has 1 aliphatic carbocycles. The number of aromatic amines is 1. The second-order valence-corrected chi connectivity index (χ2v) is 6.53. The highest BCUT2D eigenvalue weighted by Crippen LogP contribution is 2.39. The van der Waals surface area contributed by atoms with Gasteiger partial charge in [-0.2, -0.15) is 13.2 Å². The summed E-state index contributed by atoms with van der Waals surface area (Å²) in [7, 11) is 0. The van der Waals surface area contributed by atoms with E-state index in [4.69, 9.17) is 0 Å². The van der Waals surface area contributed by atoms with Gasteiger partial charge in [0.2, 0.25) is 5.16 Å². The maximum absolute atomic E-state index is 12.7. The average Bonchev–Trinajstić information content (AvgIpc) is 3.16. The van der Waals surface area contributed by atoms with Crippen LogP contribution in [0.5, 0.6) is 0 Å². The molecule has 0 spiro atoms. The molecule has 0 amide bonds. The molecule has 10 heteroatoms. The van der Waals surface area contributed by atoms with Crippen molar-refractivity contribution in [2.75, 3.05) is 0 Å². The number of nitrogens with one attached hydrogen (secondary N) is 1. The summed E-state index contributed by atoms with van der Waals surface area (Å²) < 4.78 is 38.1. The molecule has 1 aromatic carbocycles.